The van der Waals surface area contributed by atoms with Crippen LogP contribution in [0.1, 0.15) is 79.1 Å². The van der Waals surface area contributed by atoms with Crippen molar-refractivity contribution in [3.63, 3.8) is 0 Å². The van der Waals surface area contributed by atoms with Gasteiger partial charge in [0, 0.05) is 24.7 Å². The van der Waals surface area contributed by atoms with Gasteiger partial charge >= 0.3 is 0 Å². The zero-order chi connectivity index (χ0) is 15.2. The molecular formula is C19H38N2. The molecule has 1 heterocycles. The second-order valence-corrected chi connectivity index (χ2v) is 7.59. The van der Waals surface area contributed by atoms with Crippen molar-refractivity contribution in [3.05, 3.63) is 0 Å². The summed E-state index contributed by atoms with van der Waals surface area (Å²) in [6.07, 6.45) is 11.1. The number of hydrogen-bond acceptors (Lipinski definition) is 2. The van der Waals surface area contributed by atoms with Gasteiger partial charge in [0.05, 0.1) is 0 Å². The standard InChI is InChI=1S/C19H38N2/c1-5-12-20-19-11-9-16(6-2)13-17(19)14-21-15(4)8-10-18(21)7-3/h15-20H,5-14H2,1-4H3. The maximum Gasteiger partial charge on any atom is 0.0108 e. The minimum atomic E-state index is 0.776. The van der Waals surface area contributed by atoms with Gasteiger partial charge in [0.2, 0.25) is 0 Å². The zero-order valence-electron chi connectivity index (χ0n) is 14.9. The Hall–Kier alpha value is -0.0800. The monoisotopic (exact) mass is 294 g/mol. The largest absolute Gasteiger partial charge is 0.314 e. The van der Waals surface area contributed by atoms with E-state index in [0.29, 0.717) is 0 Å². The van der Waals surface area contributed by atoms with Gasteiger partial charge in [0.15, 0.2) is 0 Å². The van der Waals surface area contributed by atoms with Gasteiger partial charge in [0.25, 0.3) is 0 Å². The number of likely N-dealkylation sites (tertiary alicyclic amines) is 1. The summed E-state index contributed by atoms with van der Waals surface area (Å²) in [7, 11) is 0. The molecular weight excluding hydrogens is 256 g/mol. The van der Waals surface area contributed by atoms with Crippen molar-refractivity contribution in [3.8, 4) is 0 Å². The van der Waals surface area contributed by atoms with Crippen molar-refractivity contribution < 1.29 is 0 Å². The van der Waals surface area contributed by atoms with Gasteiger partial charge in [-0.25, -0.2) is 0 Å². The summed E-state index contributed by atoms with van der Waals surface area (Å²) in [5.74, 6) is 1.86. The van der Waals surface area contributed by atoms with Gasteiger partial charge < -0.3 is 5.32 Å². The quantitative estimate of drug-likeness (QED) is 0.746. The van der Waals surface area contributed by atoms with Crippen molar-refractivity contribution in [2.24, 2.45) is 11.8 Å². The van der Waals surface area contributed by atoms with Crippen LogP contribution in [0.4, 0.5) is 0 Å². The summed E-state index contributed by atoms with van der Waals surface area (Å²) in [5, 5.41) is 3.86. The Kier molecular flexibility index (Phi) is 7.01. The third-order valence-electron chi connectivity index (χ3n) is 6.19. The molecule has 2 heteroatoms. The van der Waals surface area contributed by atoms with Crippen LogP contribution in [0.15, 0.2) is 0 Å². The lowest BCUT2D eigenvalue weighted by Gasteiger charge is -2.41. The predicted octanol–water partition coefficient (Wildman–Crippen LogP) is 4.44. The van der Waals surface area contributed by atoms with E-state index in [4.69, 9.17) is 0 Å². The lowest BCUT2D eigenvalue weighted by atomic mass is 9.76. The van der Waals surface area contributed by atoms with Crippen LogP contribution in [0.25, 0.3) is 0 Å². The lowest BCUT2D eigenvalue weighted by Crippen LogP contribution is -2.48. The summed E-state index contributed by atoms with van der Waals surface area (Å²) < 4.78 is 0. The molecule has 0 bridgehead atoms. The fraction of sp³-hybridized carbons (Fsp3) is 1.00. The molecule has 1 N–H and O–H groups in total. The van der Waals surface area contributed by atoms with Crippen molar-refractivity contribution in [1.29, 1.82) is 0 Å². The van der Waals surface area contributed by atoms with E-state index in [1.54, 1.807) is 0 Å². The Labute approximate surface area is 133 Å². The molecule has 2 nitrogen and oxygen atoms in total. The van der Waals surface area contributed by atoms with Crippen LogP contribution in [-0.2, 0) is 0 Å². The fourth-order valence-electron chi connectivity index (χ4n) is 4.70. The van der Waals surface area contributed by atoms with E-state index in [1.165, 1.54) is 64.5 Å². The Balaban J connectivity index is 1.97. The summed E-state index contributed by atoms with van der Waals surface area (Å²) in [5.41, 5.74) is 0. The molecule has 124 valence electrons. The Bertz CT molecular complexity index is 291. The van der Waals surface area contributed by atoms with Crippen LogP contribution in [0.3, 0.4) is 0 Å². The third kappa shape index (κ3) is 4.45. The first kappa shape index (κ1) is 17.3. The maximum atomic E-state index is 3.86. The van der Waals surface area contributed by atoms with Gasteiger partial charge in [0.1, 0.15) is 0 Å². The van der Waals surface area contributed by atoms with Crippen LogP contribution in [-0.4, -0.2) is 36.1 Å². The first-order valence-electron chi connectivity index (χ1n) is 9.68. The summed E-state index contributed by atoms with van der Waals surface area (Å²) in [6, 6.07) is 2.44. The molecule has 0 amide bonds. The van der Waals surface area contributed by atoms with Crippen LogP contribution < -0.4 is 5.32 Å². The average Bonchev–Trinajstić information content (AvgIpc) is 2.86. The predicted molar refractivity (Wildman–Crippen MR) is 92.7 cm³/mol. The van der Waals surface area contributed by atoms with Crippen molar-refractivity contribution in [1.82, 2.24) is 10.2 Å². The Morgan fingerprint density at radius 3 is 2.48 bits per heavy atom. The minimum absolute atomic E-state index is 0.776. The molecule has 0 aromatic carbocycles. The van der Waals surface area contributed by atoms with E-state index >= 15 is 0 Å². The van der Waals surface area contributed by atoms with Crippen LogP contribution >= 0.6 is 0 Å². The SMILES string of the molecule is CCCNC1CCC(CC)CC1CN1C(C)CCC1CC. The molecule has 5 atom stereocenters. The van der Waals surface area contributed by atoms with Crippen LogP contribution in [0, 0.1) is 11.8 Å². The highest BCUT2D eigenvalue weighted by molar-refractivity contribution is 4.91. The van der Waals surface area contributed by atoms with Gasteiger partial charge in [-0.2, -0.15) is 0 Å². The van der Waals surface area contributed by atoms with E-state index in [-0.39, 0.29) is 0 Å². The van der Waals surface area contributed by atoms with Gasteiger partial charge in [-0.1, -0.05) is 27.2 Å². The van der Waals surface area contributed by atoms with E-state index in [0.717, 1.165) is 30.0 Å². The maximum absolute atomic E-state index is 3.86. The second kappa shape index (κ2) is 8.53. The first-order chi connectivity index (χ1) is 10.2. The molecule has 0 aromatic heterocycles. The highest BCUT2D eigenvalue weighted by Crippen LogP contribution is 2.35. The van der Waals surface area contributed by atoms with Crippen molar-refractivity contribution in [2.75, 3.05) is 13.1 Å². The second-order valence-electron chi connectivity index (χ2n) is 7.59. The fourth-order valence-corrected chi connectivity index (χ4v) is 4.70. The van der Waals surface area contributed by atoms with Crippen molar-refractivity contribution >= 4 is 0 Å². The topological polar surface area (TPSA) is 15.3 Å². The van der Waals surface area contributed by atoms with Crippen LogP contribution in [0.2, 0.25) is 0 Å². The molecule has 1 aliphatic carbocycles. The molecule has 5 unspecified atom stereocenters. The molecule has 2 fully saturated rings. The first-order valence-corrected chi connectivity index (χ1v) is 9.68. The molecule has 2 aliphatic rings. The Morgan fingerprint density at radius 1 is 1.00 bits per heavy atom. The summed E-state index contributed by atoms with van der Waals surface area (Å²) in [4.78, 5) is 2.85. The molecule has 1 saturated carbocycles. The molecule has 1 saturated heterocycles. The van der Waals surface area contributed by atoms with Gasteiger partial charge in [-0.05, 0) is 70.3 Å². The van der Waals surface area contributed by atoms with E-state index in [1.807, 2.05) is 0 Å². The van der Waals surface area contributed by atoms with E-state index < -0.39 is 0 Å². The minimum Gasteiger partial charge on any atom is -0.314 e. The molecule has 1 aliphatic heterocycles. The normalized spacial score (nSPS) is 38.0. The van der Waals surface area contributed by atoms with Crippen LogP contribution in [0.5, 0.6) is 0 Å². The number of hydrogen-bond donors (Lipinski definition) is 1. The smallest absolute Gasteiger partial charge is 0.0108 e. The summed E-state index contributed by atoms with van der Waals surface area (Å²) in [6.45, 7) is 12.0. The van der Waals surface area contributed by atoms with E-state index in [9.17, 15) is 0 Å². The molecule has 0 radical (unpaired) electrons. The highest BCUT2D eigenvalue weighted by Gasteiger charge is 2.35. The van der Waals surface area contributed by atoms with Gasteiger partial charge in [-0.15, -0.1) is 0 Å². The molecule has 21 heavy (non-hydrogen) atoms. The summed E-state index contributed by atoms with van der Waals surface area (Å²) >= 11 is 0. The zero-order valence-corrected chi connectivity index (χ0v) is 14.9. The number of rotatable bonds is 7. The van der Waals surface area contributed by atoms with Crippen molar-refractivity contribution in [2.45, 2.75) is 97.2 Å². The number of nitrogens with zero attached hydrogens (tertiary/aromatic N) is 1. The Morgan fingerprint density at radius 2 is 1.81 bits per heavy atom. The highest BCUT2D eigenvalue weighted by atomic mass is 15.2. The third-order valence-corrected chi connectivity index (χ3v) is 6.19. The van der Waals surface area contributed by atoms with E-state index in [2.05, 4.69) is 37.9 Å². The lowest BCUT2D eigenvalue weighted by molar-refractivity contribution is 0.108. The molecule has 0 aromatic rings. The molecule has 2 rings (SSSR count). The molecule has 0 spiro atoms. The number of nitrogens with one attached hydrogen (secondary N) is 1. The average molecular weight is 295 g/mol. The van der Waals surface area contributed by atoms with Gasteiger partial charge in [-0.3, -0.25) is 4.90 Å².